The Morgan fingerprint density at radius 3 is 2.41 bits per heavy atom. The minimum atomic E-state index is -2.63. The second-order valence-electron chi connectivity index (χ2n) is 4.82. The predicted octanol–water partition coefficient (Wildman–Crippen LogP) is 3.33. The van der Waals surface area contributed by atoms with Gasteiger partial charge < -0.3 is 9.47 Å². The zero-order chi connectivity index (χ0) is 16.3. The number of allylic oxidation sites excluding steroid dienone is 2. The minimum Gasteiger partial charge on any atom is -0.493 e. The molecule has 1 aliphatic carbocycles. The lowest BCUT2D eigenvalue weighted by molar-refractivity contribution is 0.0989. The van der Waals surface area contributed by atoms with Gasteiger partial charge in [-0.3, -0.25) is 0 Å². The molecule has 0 N–H and O–H groups in total. The molecule has 0 aromatic heterocycles. The van der Waals surface area contributed by atoms with E-state index in [1.54, 1.807) is 24.3 Å². The van der Waals surface area contributed by atoms with Crippen LogP contribution in [0, 0.1) is 28.6 Å². The van der Waals surface area contributed by atoms with Crippen LogP contribution in [-0.2, 0) is 6.42 Å². The van der Waals surface area contributed by atoms with Crippen LogP contribution in [-0.4, -0.2) is 20.6 Å². The molecular formula is C16H14F2N2O2. The van der Waals surface area contributed by atoms with Crippen molar-refractivity contribution in [1.82, 2.24) is 0 Å². The Bertz CT molecular complexity index is 683. The highest BCUT2D eigenvalue weighted by Gasteiger charge is 2.35. The van der Waals surface area contributed by atoms with Crippen LogP contribution in [0.2, 0.25) is 0 Å². The summed E-state index contributed by atoms with van der Waals surface area (Å²) in [6, 6.07) is 6.65. The summed E-state index contributed by atoms with van der Waals surface area (Å²) in [4.78, 5) is 0. The summed E-state index contributed by atoms with van der Waals surface area (Å²) >= 11 is 0. The molecule has 0 aliphatic heterocycles. The number of hydrogen-bond acceptors (Lipinski definition) is 4. The van der Waals surface area contributed by atoms with Crippen LogP contribution < -0.4 is 9.47 Å². The topological polar surface area (TPSA) is 66.0 Å². The zero-order valence-electron chi connectivity index (χ0n) is 12.2. The van der Waals surface area contributed by atoms with Crippen molar-refractivity contribution in [2.24, 2.45) is 5.92 Å². The lowest BCUT2D eigenvalue weighted by Gasteiger charge is -2.29. The van der Waals surface area contributed by atoms with E-state index in [9.17, 15) is 8.78 Å². The molecular weight excluding hydrogens is 290 g/mol. The van der Waals surface area contributed by atoms with Gasteiger partial charge in [-0.2, -0.15) is 10.5 Å². The van der Waals surface area contributed by atoms with E-state index in [1.165, 1.54) is 14.2 Å². The molecule has 2 rings (SSSR count). The number of hydrogen-bond donors (Lipinski definition) is 0. The molecule has 1 aromatic carbocycles. The summed E-state index contributed by atoms with van der Waals surface area (Å²) in [6.45, 7) is 0. The maximum Gasteiger partial charge on any atom is 0.245 e. The summed E-state index contributed by atoms with van der Waals surface area (Å²) in [6.07, 6.45) is -2.11. The largest absolute Gasteiger partial charge is 0.493 e. The third kappa shape index (κ3) is 2.48. The third-order valence-corrected chi connectivity index (χ3v) is 3.81. The number of methoxy groups -OCH3 is 2. The second kappa shape index (κ2) is 6.44. The monoisotopic (exact) mass is 304 g/mol. The highest BCUT2D eigenvalue weighted by atomic mass is 19.3. The Morgan fingerprint density at radius 2 is 1.91 bits per heavy atom. The van der Waals surface area contributed by atoms with Crippen molar-refractivity contribution < 1.29 is 18.3 Å². The molecule has 4 nitrogen and oxygen atoms in total. The number of ether oxygens (including phenoxy) is 2. The Kier molecular flexibility index (Phi) is 4.62. The van der Waals surface area contributed by atoms with E-state index >= 15 is 0 Å². The van der Waals surface area contributed by atoms with Gasteiger partial charge in [-0.05, 0) is 30.0 Å². The Morgan fingerprint density at radius 1 is 1.23 bits per heavy atom. The zero-order valence-corrected chi connectivity index (χ0v) is 12.2. The highest BCUT2D eigenvalue weighted by Crippen LogP contribution is 2.46. The Hall–Kier alpha value is -2.60. The SMILES string of the molecule is COc1ccc2c(c1OC)CCC(C(F)F)C2=C(C#N)C#N. The van der Waals surface area contributed by atoms with Crippen molar-refractivity contribution in [2.75, 3.05) is 14.2 Å². The van der Waals surface area contributed by atoms with Crippen LogP contribution in [0.4, 0.5) is 8.78 Å². The number of nitriles is 2. The van der Waals surface area contributed by atoms with Crippen LogP contribution in [0.15, 0.2) is 17.7 Å². The number of nitrogens with zero attached hydrogens (tertiary/aromatic N) is 2. The standard InChI is InChI=1S/C16H14F2N2O2/c1-21-13-6-5-10-11(15(13)22-2)3-4-12(16(17)18)14(10)9(7-19)8-20/h5-6,12,16H,3-4H2,1-2H3. The number of alkyl halides is 2. The predicted molar refractivity (Wildman–Crippen MR) is 75.5 cm³/mol. The molecule has 0 saturated carbocycles. The lowest BCUT2D eigenvalue weighted by Crippen LogP contribution is -2.21. The number of halogens is 2. The van der Waals surface area contributed by atoms with Gasteiger partial charge in [0.15, 0.2) is 11.5 Å². The first-order valence-corrected chi connectivity index (χ1v) is 6.65. The van der Waals surface area contributed by atoms with Gasteiger partial charge in [0.05, 0.1) is 14.2 Å². The maximum absolute atomic E-state index is 13.3. The van der Waals surface area contributed by atoms with Crippen molar-refractivity contribution in [3.8, 4) is 23.6 Å². The molecule has 6 heteroatoms. The van der Waals surface area contributed by atoms with Crippen LogP contribution in [0.25, 0.3) is 5.57 Å². The fourth-order valence-corrected chi connectivity index (χ4v) is 2.85. The van der Waals surface area contributed by atoms with Crippen molar-refractivity contribution in [3.05, 3.63) is 28.8 Å². The number of benzene rings is 1. The van der Waals surface area contributed by atoms with E-state index in [-0.39, 0.29) is 17.6 Å². The number of rotatable bonds is 3. The van der Waals surface area contributed by atoms with Crippen LogP contribution in [0.1, 0.15) is 17.5 Å². The van der Waals surface area contributed by atoms with Crippen molar-refractivity contribution >= 4 is 5.57 Å². The Balaban J connectivity index is 2.76. The van der Waals surface area contributed by atoms with E-state index in [4.69, 9.17) is 20.0 Å². The average molecular weight is 304 g/mol. The van der Waals surface area contributed by atoms with Gasteiger partial charge in [-0.15, -0.1) is 0 Å². The van der Waals surface area contributed by atoms with Crippen molar-refractivity contribution in [3.63, 3.8) is 0 Å². The first kappa shape index (κ1) is 15.8. The smallest absolute Gasteiger partial charge is 0.245 e. The van der Waals surface area contributed by atoms with Crippen LogP contribution in [0.3, 0.4) is 0 Å². The molecule has 1 unspecified atom stereocenters. The average Bonchev–Trinajstić information content (AvgIpc) is 2.54. The van der Waals surface area contributed by atoms with Gasteiger partial charge in [-0.25, -0.2) is 8.78 Å². The minimum absolute atomic E-state index is 0.0993. The van der Waals surface area contributed by atoms with E-state index in [1.807, 2.05) is 0 Å². The molecule has 1 aromatic rings. The molecule has 0 spiro atoms. The van der Waals surface area contributed by atoms with Gasteiger partial charge in [-0.1, -0.05) is 6.07 Å². The van der Waals surface area contributed by atoms with E-state index < -0.39 is 12.3 Å². The van der Waals surface area contributed by atoms with Crippen molar-refractivity contribution in [1.29, 1.82) is 10.5 Å². The molecule has 0 bridgehead atoms. The lowest BCUT2D eigenvalue weighted by atomic mass is 9.77. The molecule has 1 aliphatic rings. The molecule has 0 amide bonds. The van der Waals surface area contributed by atoms with Gasteiger partial charge in [0, 0.05) is 11.5 Å². The summed E-state index contributed by atoms with van der Waals surface area (Å²) in [7, 11) is 2.96. The first-order valence-electron chi connectivity index (χ1n) is 6.65. The molecule has 0 fully saturated rings. The fraction of sp³-hybridized carbons (Fsp3) is 0.375. The van der Waals surface area contributed by atoms with Gasteiger partial charge in [0.25, 0.3) is 0 Å². The first-order chi connectivity index (χ1) is 10.6. The molecule has 0 heterocycles. The van der Waals surface area contributed by atoms with Gasteiger partial charge >= 0.3 is 0 Å². The molecule has 0 saturated heterocycles. The summed E-state index contributed by atoms with van der Waals surface area (Å²) in [5.74, 6) is -0.174. The molecule has 114 valence electrons. The summed E-state index contributed by atoms with van der Waals surface area (Å²) < 4.78 is 37.2. The number of fused-ring (bicyclic) bond motifs is 1. The summed E-state index contributed by atoms with van der Waals surface area (Å²) in [5.41, 5.74) is 0.977. The van der Waals surface area contributed by atoms with E-state index in [2.05, 4.69) is 0 Å². The summed E-state index contributed by atoms with van der Waals surface area (Å²) in [5, 5.41) is 18.2. The Labute approximate surface area is 127 Å². The van der Waals surface area contributed by atoms with Crippen LogP contribution in [0.5, 0.6) is 11.5 Å². The molecule has 1 atom stereocenters. The van der Waals surface area contributed by atoms with Gasteiger partial charge in [0.2, 0.25) is 6.43 Å². The highest BCUT2D eigenvalue weighted by molar-refractivity contribution is 5.81. The molecule has 0 radical (unpaired) electrons. The van der Waals surface area contributed by atoms with E-state index in [0.29, 0.717) is 29.0 Å². The third-order valence-electron chi connectivity index (χ3n) is 3.81. The fourth-order valence-electron chi connectivity index (χ4n) is 2.85. The van der Waals surface area contributed by atoms with Gasteiger partial charge in [0.1, 0.15) is 17.7 Å². The quantitative estimate of drug-likeness (QED) is 0.803. The van der Waals surface area contributed by atoms with Crippen molar-refractivity contribution in [2.45, 2.75) is 19.3 Å². The molecule has 22 heavy (non-hydrogen) atoms. The van der Waals surface area contributed by atoms with Crippen LogP contribution >= 0.6 is 0 Å². The van der Waals surface area contributed by atoms with E-state index in [0.717, 1.165) is 0 Å². The second-order valence-corrected chi connectivity index (χ2v) is 4.82. The maximum atomic E-state index is 13.3. The normalized spacial score (nSPS) is 16.5.